The number of carboxylic acid groups (broad SMARTS) is 1. The molecule has 1 fully saturated rings. The summed E-state index contributed by atoms with van der Waals surface area (Å²) in [4.78, 5) is 47.0. The van der Waals surface area contributed by atoms with Crippen molar-refractivity contribution in [3.8, 4) is 17.2 Å². The summed E-state index contributed by atoms with van der Waals surface area (Å²) >= 11 is 0. The maximum Gasteiger partial charge on any atom is 0.335 e. The van der Waals surface area contributed by atoms with Crippen LogP contribution in [0.4, 0.5) is 5.69 Å². The summed E-state index contributed by atoms with van der Waals surface area (Å²) in [5, 5.41) is 37.2. The van der Waals surface area contributed by atoms with Gasteiger partial charge in [-0.1, -0.05) is 6.07 Å². The summed E-state index contributed by atoms with van der Waals surface area (Å²) in [5.74, 6) is -4.22. The van der Waals surface area contributed by atoms with Crippen molar-refractivity contribution in [3.63, 3.8) is 0 Å². The van der Waals surface area contributed by atoms with Crippen LogP contribution in [0.25, 0.3) is 0 Å². The van der Waals surface area contributed by atoms with Gasteiger partial charge >= 0.3 is 5.97 Å². The third-order valence-corrected chi connectivity index (χ3v) is 4.93. The minimum absolute atomic E-state index is 0.197. The molecule has 0 aromatic heterocycles. The molecule has 0 aliphatic carbocycles. The van der Waals surface area contributed by atoms with Gasteiger partial charge in [-0.2, -0.15) is 0 Å². The molecule has 11 heteroatoms. The summed E-state index contributed by atoms with van der Waals surface area (Å²) in [5.41, 5.74) is 7.42. The molecule has 31 heavy (non-hydrogen) atoms. The topological polar surface area (TPSA) is 190 Å². The van der Waals surface area contributed by atoms with Crippen LogP contribution in [-0.2, 0) is 16.1 Å². The molecule has 0 bridgehead atoms. The number of imide groups is 1. The molecular formula is C20H19N3O8. The van der Waals surface area contributed by atoms with E-state index in [4.69, 9.17) is 26.2 Å². The lowest BCUT2D eigenvalue weighted by atomic mass is 10.0. The fourth-order valence-corrected chi connectivity index (χ4v) is 3.34. The number of hydrogen-bond acceptors (Lipinski definition) is 8. The molecule has 2 aromatic carbocycles. The van der Waals surface area contributed by atoms with Gasteiger partial charge in [-0.25, -0.2) is 4.79 Å². The Balaban J connectivity index is 0.000000196. The lowest BCUT2D eigenvalue weighted by Crippen LogP contribution is -2.52. The zero-order valence-electron chi connectivity index (χ0n) is 16.0. The number of carbonyl (C=O) groups is 4. The van der Waals surface area contributed by atoms with E-state index in [9.17, 15) is 19.2 Å². The van der Waals surface area contributed by atoms with Crippen LogP contribution in [0.2, 0.25) is 0 Å². The van der Waals surface area contributed by atoms with E-state index in [0.717, 1.165) is 17.7 Å². The number of carboxylic acids is 1. The first kappa shape index (κ1) is 21.4. The van der Waals surface area contributed by atoms with Gasteiger partial charge in [0.15, 0.2) is 17.2 Å². The van der Waals surface area contributed by atoms with Gasteiger partial charge in [0.25, 0.3) is 5.91 Å². The molecule has 2 aliphatic heterocycles. The molecule has 1 saturated heterocycles. The van der Waals surface area contributed by atoms with E-state index in [2.05, 4.69) is 5.32 Å². The number of nitrogens with zero attached hydrogens (tertiary/aromatic N) is 1. The Morgan fingerprint density at radius 3 is 2.29 bits per heavy atom. The molecule has 7 N–H and O–H groups in total. The fraction of sp³-hybridized carbons (Fsp3) is 0.200. The minimum atomic E-state index is -1.29. The molecule has 2 aromatic rings. The van der Waals surface area contributed by atoms with Crippen molar-refractivity contribution in [2.75, 3.05) is 5.73 Å². The monoisotopic (exact) mass is 429 g/mol. The number of piperidine rings is 1. The average molecular weight is 429 g/mol. The van der Waals surface area contributed by atoms with Gasteiger partial charge < -0.3 is 31.1 Å². The van der Waals surface area contributed by atoms with Crippen LogP contribution in [0.3, 0.4) is 0 Å². The first-order chi connectivity index (χ1) is 14.6. The Hall–Kier alpha value is -4.28. The van der Waals surface area contributed by atoms with Crippen LogP contribution in [0.1, 0.15) is 39.1 Å². The Bertz CT molecular complexity index is 1070. The average Bonchev–Trinajstić information content (AvgIpc) is 3.04. The van der Waals surface area contributed by atoms with E-state index in [1.165, 1.54) is 4.90 Å². The van der Waals surface area contributed by atoms with E-state index in [0.29, 0.717) is 24.2 Å². The van der Waals surface area contributed by atoms with Crippen molar-refractivity contribution in [2.45, 2.75) is 25.4 Å². The summed E-state index contributed by atoms with van der Waals surface area (Å²) in [6.45, 7) is 0.327. The summed E-state index contributed by atoms with van der Waals surface area (Å²) in [6.07, 6.45) is 0.621. The SMILES string of the molecule is Nc1cccc2c1CN([C@H]1CCC(=O)NC1=O)C2=O.O=C(O)c1cc(O)c(O)c(O)c1. The van der Waals surface area contributed by atoms with Crippen molar-refractivity contribution in [3.05, 3.63) is 47.0 Å². The highest BCUT2D eigenvalue weighted by Gasteiger charge is 2.39. The lowest BCUT2D eigenvalue weighted by Gasteiger charge is -2.29. The van der Waals surface area contributed by atoms with Crippen molar-refractivity contribution in [1.82, 2.24) is 10.2 Å². The highest BCUT2D eigenvalue weighted by molar-refractivity contribution is 6.06. The van der Waals surface area contributed by atoms with Gasteiger partial charge in [0.2, 0.25) is 11.8 Å². The maximum absolute atomic E-state index is 12.3. The molecule has 3 amide bonds. The molecule has 0 unspecified atom stereocenters. The summed E-state index contributed by atoms with van der Waals surface area (Å²) < 4.78 is 0. The number of carbonyl (C=O) groups excluding carboxylic acids is 3. The number of fused-ring (bicyclic) bond motifs is 1. The van der Waals surface area contributed by atoms with Gasteiger partial charge in [-0.05, 0) is 30.7 Å². The molecule has 1 atom stereocenters. The fourth-order valence-electron chi connectivity index (χ4n) is 3.34. The number of benzene rings is 2. The van der Waals surface area contributed by atoms with Crippen LogP contribution in [0.5, 0.6) is 17.2 Å². The van der Waals surface area contributed by atoms with Gasteiger partial charge in [0, 0.05) is 29.8 Å². The van der Waals surface area contributed by atoms with E-state index >= 15 is 0 Å². The Morgan fingerprint density at radius 2 is 1.74 bits per heavy atom. The van der Waals surface area contributed by atoms with Crippen molar-refractivity contribution in [2.24, 2.45) is 0 Å². The quantitative estimate of drug-likeness (QED) is 0.224. The van der Waals surface area contributed by atoms with Crippen LogP contribution < -0.4 is 11.1 Å². The zero-order valence-corrected chi connectivity index (χ0v) is 16.0. The molecule has 0 radical (unpaired) electrons. The van der Waals surface area contributed by atoms with Gasteiger partial charge in [0.1, 0.15) is 6.04 Å². The molecule has 0 saturated carbocycles. The number of nitrogen functional groups attached to an aromatic ring is 1. The molecule has 11 nitrogen and oxygen atoms in total. The Kier molecular flexibility index (Phi) is 5.68. The van der Waals surface area contributed by atoms with Crippen LogP contribution in [0, 0.1) is 0 Å². The standard InChI is InChI=1S/C13H13N3O3.C7H6O5/c14-9-3-1-2-7-8(9)6-16(13(7)19)10-4-5-11(17)15-12(10)18;8-4-1-3(7(11)12)2-5(9)6(4)10/h1-3,10H,4-6,14H2,(H,15,17,18);1-2,8-10H,(H,11,12)/t10-;/m0./s1. The van der Waals surface area contributed by atoms with Gasteiger partial charge in [-0.15, -0.1) is 0 Å². The van der Waals surface area contributed by atoms with E-state index in [1.54, 1.807) is 18.2 Å². The lowest BCUT2D eigenvalue weighted by molar-refractivity contribution is -0.136. The van der Waals surface area contributed by atoms with Crippen LogP contribution >= 0.6 is 0 Å². The van der Waals surface area contributed by atoms with Crippen LogP contribution in [0.15, 0.2) is 30.3 Å². The van der Waals surface area contributed by atoms with Crippen molar-refractivity contribution in [1.29, 1.82) is 0 Å². The van der Waals surface area contributed by atoms with Crippen LogP contribution in [-0.4, -0.2) is 55.1 Å². The number of aromatic hydroxyl groups is 3. The predicted octanol–water partition coefficient (Wildman–Crippen LogP) is 0.531. The normalized spacial score (nSPS) is 17.5. The number of nitrogens with two attached hydrogens (primary N) is 1. The first-order valence-electron chi connectivity index (χ1n) is 9.10. The minimum Gasteiger partial charge on any atom is -0.504 e. The number of hydrogen-bond donors (Lipinski definition) is 6. The third-order valence-electron chi connectivity index (χ3n) is 4.93. The first-order valence-corrected chi connectivity index (χ1v) is 9.10. The highest BCUT2D eigenvalue weighted by Crippen LogP contribution is 2.35. The maximum atomic E-state index is 12.3. The smallest absolute Gasteiger partial charge is 0.335 e. The highest BCUT2D eigenvalue weighted by atomic mass is 16.4. The number of phenolic OH excluding ortho intramolecular Hbond substituents is 3. The number of phenols is 3. The Labute approximate surface area is 175 Å². The summed E-state index contributed by atoms with van der Waals surface area (Å²) in [7, 11) is 0. The molecule has 4 rings (SSSR count). The zero-order chi connectivity index (χ0) is 22.9. The van der Waals surface area contributed by atoms with Crippen molar-refractivity contribution >= 4 is 29.4 Å². The number of amides is 3. The van der Waals surface area contributed by atoms with Gasteiger partial charge in [-0.3, -0.25) is 19.7 Å². The molecule has 0 spiro atoms. The largest absolute Gasteiger partial charge is 0.504 e. The number of rotatable bonds is 2. The molecular weight excluding hydrogens is 410 g/mol. The van der Waals surface area contributed by atoms with E-state index < -0.39 is 35.2 Å². The summed E-state index contributed by atoms with van der Waals surface area (Å²) in [6, 6.07) is 6.27. The second-order valence-electron chi connectivity index (χ2n) is 6.94. The predicted molar refractivity (Wildman–Crippen MR) is 105 cm³/mol. The second-order valence-corrected chi connectivity index (χ2v) is 6.94. The van der Waals surface area contributed by atoms with E-state index in [1.807, 2.05) is 0 Å². The van der Waals surface area contributed by atoms with Gasteiger partial charge in [0.05, 0.1) is 5.56 Å². The molecule has 2 heterocycles. The number of anilines is 1. The van der Waals surface area contributed by atoms with E-state index in [-0.39, 0.29) is 23.8 Å². The third kappa shape index (κ3) is 4.20. The number of aromatic carboxylic acids is 1. The van der Waals surface area contributed by atoms with Crippen molar-refractivity contribution < 1.29 is 39.6 Å². The number of nitrogens with one attached hydrogen (secondary N) is 1. The second kappa shape index (κ2) is 8.22. The molecule has 2 aliphatic rings. The molecule has 162 valence electrons. The Morgan fingerprint density at radius 1 is 1.10 bits per heavy atom.